The fourth-order valence-corrected chi connectivity index (χ4v) is 3.50. The van der Waals surface area contributed by atoms with Gasteiger partial charge in [-0.15, -0.1) is 0 Å². The Balaban J connectivity index is 2.03. The number of hydrogen-bond acceptors (Lipinski definition) is 4. The minimum absolute atomic E-state index is 0.0406. The van der Waals surface area contributed by atoms with Gasteiger partial charge in [0, 0.05) is 5.56 Å². The fraction of sp³-hybridized carbons (Fsp3) is 0.333. The summed E-state index contributed by atoms with van der Waals surface area (Å²) in [6.07, 6.45) is 1.46. The zero-order valence-electron chi connectivity index (χ0n) is 15.9. The molecule has 1 amide bonds. The maximum absolute atomic E-state index is 13.2. The highest BCUT2D eigenvalue weighted by Gasteiger charge is 2.47. The largest absolute Gasteiger partial charge is 0.507 e. The number of nitrogens with one attached hydrogen (secondary N) is 1. The van der Waals surface area contributed by atoms with Gasteiger partial charge in [0.1, 0.15) is 23.4 Å². The monoisotopic (exact) mass is 387 g/mol. The van der Waals surface area contributed by atoms with Crippen LogP contribution in [0.3, 0.4) is 0 Å². The van der Waals surface area contributed by atoms with E-state index in [-0.39, 0.29) is 16.9 Å². The molecule has 0 aliphatic carbocycles. The van der Waals surface area contributed by atoms with Crippen molar-refractivity contribution in [3.05, 3.63) is 65.4 Å². The van der Waals surface area contributed by atoms with E-state index in [1.165, 1.54) is 40.3 Å². The van der Waals surface area contributed by atoms with Crippen molar-refractivity contribution in [1.82, 2.24) is 4.90 Å². The lowest BCUT2D eigenvalue weighted by Crippen LogP contribution is -3.12. The average molecular weight is 387 g/mol. The van der Waals surface area contributed by atoms with E-state index >= 15 is 0 Å². The van der Waals surface area contributed by atoms with Crippen LogP contribution in [0.2, 0.25) is 0 Å². The maximum Gasteiger partial charge on any atom is 0.295 e. The minimum Gasteiger partial charge on any atom is -0.507 e. The summed E-state index contributed by atoms with van der Waals surface area (Å²) in [5.41, 5.74) is 0.228. The average Bonchev–Trinajstić information content (AvgIpc) is 3.31. The standard InChI is InChI=1S/C21H23FN2O4/c1-3-23(4-2)11-12-24-18(16-6-5-13-28-16)17(20(26)21(24)27)19(25)14-7-9-15(22)10-8-14/h5-10,13,18,25H,3-4,11-12H2,1-2H3/p+1/t18-/m0/s1. The highest BCUT2D eigenvalue weighted by Crippen LogP contribution is 2.39. The SMILES string of the molecule is CC[NH+](CC)CCN1C(=O)C(=O)C(=C(O)c2ccc(F)cc2)[C@@H]1c1ccco1. The zero-order chi connectivity index (χ0) is 20.3. The van der Waals surface area contributed by atoms with Gasteiger partial charge in [0.15, 0.2) is 0 Å². The van der Waals surface area contributed by atoms with Gasteiger partial charge < -0.3 is 19.3 Å². The number of carbonyl (C=O) groups is 2. The van der Waals surface area contributed by atoms with Crippen LogP contribution < -0.4 is 4.90 Å². The third-order valence-electron chi connectivity index (χ3n) is 5.18. The molecule has 7 heteroatoms. The van der Waals surface area contributed by atoms with E-state index in [2.05, 4.69) is 13.8 Å². The summed E-state index contributed by atoms with van der Waals surface area (Å²) in [6, 6.07) is 7.66. The van der Waals surface area contributed by atoms with Crippen molar-refractivity contribution in [2.75, 3.05) is 26.2 Å². The molecule has 0 spiro atoms. The number of carbonyl (C=O) groups excluding carboxylic acids is 2. The number of benzene rings is 1. The van der Waals surface area contributed by atoms with Gasteiger partial charge in [-0.1, -0.05) is 0 Å². The quantitative estimate of drug-likeness (QED) is 0.431. The van der Waals surface area contributed by atoms with Crippen LogP contribution in [-0.2, 0) is 9.59 Å². The van der Waals surface area contributed by atoms with Gasteiger partial charge in [-0.25, -0.2) is 4.39 Å². The molecule has 2 N–H and O–H groups in total. The molecule has 0 bridgehead atoms. The number of ketones is 1. The van der Waals surface area contributed by atoms with Gasteiger partial charge in [-0.05, 0) is 50.2 Å². The molecule has 1 saturated heterocycles. The molecule has 148 valence electrons. The second kappa shape index (κ2) is 8.39. The van der Waals surface area contributed by atoms with E-state index < -0.39 is 23.5 Å². The Kier molecular flexibility index (Phi) is 5.94. The second-order valence-electron chi connectivity index (χ2n) is 6.72. The minimum atomic E-state index is -0.810. The van der Waals surface area contributed by atoms with Crippen LogP contribution in [-0.4, -0.2) is 47.9 Å². The number of furan rings is 1. The first-order valence-corrected chi connectivity index (χ1v) is 9.39. The topological polar surface area (TPSA) is 75.2 Å². The molecule has 1 fully saturated rings. The smallest absolute Gasteiger partial charge is 0.295 e. The van der Waals surface area contributed by atoms with Crippen LogP contribution in [0.5, 0.6) is 0 Å². The Hall–Kier alpha value is -2.93. The van der Waals surface area contributed by atoms with Crippen LogP contribution in [0.4, 0.5) is 4.39 Å². The van der Waals surface area contributed by atoms with Gasteiger partial charge in [-0.3, -0.25) is 9.59 Å². The van der Waals surface area contributed by atoms with Crippen molar-refractivity contribution < 1.29 is 28.4 Å². The summed E-state index contributed by atoms with van der Waals surface area (Å²) in [4.78, 5) is 28.2. The maximum atomic E-state index is 13.2. The normalized spacial score (nSPS) is 19.0. The van der Waals surface area contributed by atoms with Crippen molar-refractivity contribution in [2.24, 2.45) is 0 Å². The number of Topliss-reactive ketones (excluding diaryl/α,β-unsaturated/α-hetero) is 1. The van der Waals surface area contributed by atoms with Crippen molar-refractivity contribution in [3.8, 4) is 0 Å². The highest BCUT2D eigenvalue weighted by molar-refractivity contribution is 6.46. The lowest BCUT2D eigenvalue weighted by Gasteiger charge is -2.25. The predicted molar refractivity (Wildman–Crippen MR) is 101 cm³/mol. The molecule has 0 radical (unpaired) electrons. The number of aliphatic hydroxyl groups is 1. The molecule has 1 aliphatic heterocycles. The van der Waals surface area contributed by atoms with Gasteiger partial charge in [0.05, 0.1) is 38.0 Å². The molecule has 1 atom stereocenters. The van der Waals surface area contributed by atoms with Crippen molar-refractivity contribution >= 4 is 17.4 Å². The molecule has 1 aromatic heterocycles. The summed E-state index contributed by atoms with van der Waals surface area (Å²) >= 11 is 0. The Bertz CT molecular complexity index is 870. The van der Waals surface area contributed by atoms with E-state index in [0.717, 1.165) is 13.1 Å². The van der Waals surface area contributed by atoms with Crippen LogP contribution in [0.1, 0.15) is 31.2 Å². The molecule has 6 nitrogen and oxygen atoms in total. The van der Waals surface area contributed by atoms with E-state index in [4.69, 9.17) is 4.42 Å². The number of quaternary nitrogens is 1. The number of likely N-dealkylation sites (N-methyl/N-ethyl adjacent to an activating group) is 1. The van der Waals surface area contributed by atoms with Gasteiger partial charge >= 0.3 is 0 Å². The predicted octanol–water partition coefficient (Wildman–Crippen LogP) is 1.77. The molecular formula is C21H24FN2O4+. The Morgan fingerprint density at radius 3 is 2.43 bits per heavy atom. The molecule has 1 aliphatic rings. The van der Waals surface area contributed by atoms with Crippen LogP contribution in [0.15, 0.2) is 52.7 Å². The molecule has 28 heavy (non-hydrogen) atoms. The Morgan fingerprint density at radius 1 is 1.18 bits per heavy atom. The Labute approximate surface area is 162 Å². The third kappa shape index (κ3) is 3.71. The van der Waals surface area contributed by atoms with Crippen LogP contribution >= 0.6 is 0 Å². The first kappa shape index (κ1) is 19.8. The molecule has 3 rings (SSSR count). The number of aliphatic hydroxyl groups excluding tert-OH is 1. The lowest BCUT2D eigenvalue weighted by atomic mass is 9.99. The van der Waals surface area contributed by atoms with Gasteiger partial charge in [-0.2, -0.15) is 0 Å². The highest BCUT2D eigenvalue weighted by atomic mass is 19.1. The summed E-state index contributed by atoms with van der Waals surface area (Å²) in [5.74, 6) is -1.83. The fourth-order valence-electron chi connectivity index (χ4n) is 3.50. The van der Waals surface area contributed by atoms with Gasteiger partial charge in [0.25, 0.3) is 11.7 Å². The summed E-state index contributed by atoms with van der Waals surface area (Å²) in [7, 11) is 0. The van der Waals surface area contributed by atoms with E-state index in [9.17, 15) is 19.1 Å². The third-order valence-corrected chi connectivity index (χ3v) is 5.18. The first-order valence-electron chi connectivity index (χ1n) is 9.39. The molecule has 1 aromatic carbocycles. The number of halogens is 1. The summed E-state index contributed by atoms with van der Waals surface area (Å²) in [5, 5.41) is 10.8. The van der Waals surface area contributed by atoms with E-state index in [1.807, 2.05) is 0 Å². The van der Waals surface area contributed by atoms with Crippen LogP contribution in [0.25, 0.3) is 5.76 Å². The molecule has 2 aromatic rings. The second-order valence-corrected chi connectivity index (χ2v) is 6.72. The molecule has 2 heterocycles. The molecule has 0 unspecified atom stereocenters. The molecule has 0 saturated carbocycles. The first-order chi connectivity index (χ1) is 13.5. The zero-order valence-corrected chi connectivity index (χ0v) is 15.9. The number of rotatable bonds is 7. The van der Waals surface area contributed by atoms with Crippen LogP contribution in [0, 0.1) is 5.82 Å². The van der Waals surface area contributed by atoms with Crippen molar-refractivity contribution in [2.45, 2.75) is 19.9 Å². The molecular weight excluding hydrogens is 363 g/mol. The van der Waals surface area contributed by atoms with E-state index in [0.29, 0.717) is 18.8 Å². The number of nitrogens with zero attached hydrogens (tertiary/aromatic N) is 1. The number of hydrogen-bond donors (Lipinski definition) is 2. The number of amides is 1. The van der Waals surface area contributed by atoms with E-state index in [1.54, 1.807) is 12.1 Å². The van der Waals surface area contributed by atoms with Crippen molar-refractivity contribution in [1.29, 1.82) is 0 Å². The summed E-state index contributed by atoms with van der Waals surface area (Å²) in [6.45, 7) is 6.96. The van der Waals surface area contributed by atoms with Crippen molar-refractivity contribution in [3.63, 3.8) is 0 Å². The lowest BCUT2D eigenvalue weighted by molar-refractivity contribution is -0.895. The Morgan fingerprint density at radius 2 is 1.86 bits per heavy atom. The van der Waals surface area contributed by atoms with Gasteiger partial charge in [0.2, 0.25) is 0 Å². The number of likely N-dealkylation sites (tertiary alicyclic amines) is 1. The summed E-state index contributed by atoms with van der Waals surface area (Å²) < 4.78 is 18.7.